The minimum atomic E-state index is 0. The van der Waals surface area contributed by atoms with Crippen LogP contribution in [0.15, 0.2) is 18.5 Å². The number of methoxy groups -OCH3 is 4. The zero-order valence-electron chi connectivity index (χ0n) is 13.4. The fourth-order valence-electron chi connectivity index (χ4n) is 1.11. The molecule has 130 valence electrons. The third-order valence-corrected chi connectivity index (χ3v) is 2.81. The van der Waals surface area contributed by atoms with Crippen molar-refractivity contribution in [2.45, 2.75) is 7.43 Å². The molecule has 0 aliphatic heterocycles. The quantitative estimate of drug-likeness (QED) is 0.273. The zero-order valence-corrected chi connectivity index (χ0v) is 19.7. The summed E-state index contributed by atoms with van der Waals surface area (Å²) in [7, 11) is 6.13. The molecule has 0 saturated heterocycles. The topological polar surface area (TPSA) is 88.5 Å². The number of hydrogen-bond acceptors (Lipinski definition) is 8. The second kappa shape index (κ2) is 16.3. The van der Waals surface area contributed by atoms with Gasteiger partial charge in [-0.05, 0) is 22.6 Å². The van der Waals surface area contributed by atoms with Gasteiger partial charge in [-0.25, -0.2) is 9.97 Å². The maximum Gasteiger partial charge on any atom is 1.00 e. The molecule has 11 heteroatoms. The van der Waals surface area contributed by atoms with Crippen molar-refractivity contribution >= 4 is 22.6 Å². The van der Waals surface area contributed by atoms with Crippen molar-refractivity contribution in [2.24, 2.45) is 0 Å². The first kappa shape index (κ1) is 28.6. The van der Waals surface area contributed by atoms with Crippen LogP contribution in [0.1, 0.15) is 7.43 Å². The van der Waals surface area contributed by atoms with Crippen molar-refractivity contribution in [1.29, 1.82) is 0 Å². The van der Waals surface area contributed by atoms with Crippen molar-refractivity contribution in [3.05, 3.63) is 22.0 Å². The smallest absolute Gasteiger partial charge is 1.00 e. The van der Waals surface area contributed by atoms with Crippen molar-refractivity contribution in [2.75, 3.05) is 28.4 Å². The largest absolute Gasteiger partial charge is 1.00 e. The van der Waals surface area contributed by atoms with Gasteiger partial charge in [0.1, 0.15) is 0 Å². The van der Waals surface area contributed by atoms with Gasteiger partial charge in [0.2, 0.25) is 11.8 Å². The predicted octanol–water partition coefficient (Wildman–Crippen LogP) is -3.76. The van der Waals surface area contributed by atoms with E-state index < -0.39 is 0 Å². The summed E-state index contributed by atoms with van der Waals surface area (Å²) in [4.78, 5) is 15.5. The Labute approximate surface area is 194 Å². The second-order valence-electron chi connectivity index (χ2n) is 3.30. The van der Waals surface area contributed by atoms with Crippen molar-refractivity contribution in [3.8, 4) is 23.8 Å². The monoisotopic (exact) mass is 572 g/mol. The van der Waals surface area contributed by atoms with Crippen LogP contribution in [0, 0.1) is 3.57 Å². The van der Waals surface area contributed by atoms with E-state index in [9.17, 15) is 0 Å². The molecule has 0 bridgehead atoms. The Hall–Kier alpha value is -0.180. The van der Waals surface area contributed by atoms with Crippen LogP contribution in [-0.2, 0) is 0 Å². The first-order valence-corrected chi connectivity index (χ1v) is 6.74. The van der Waals surface area contributed by atoms with Crippen LogP contribution in [0.3, 0.4) is 0 Å². The van der Waals surface area contributed by atoms with Gasteiger partial charge < -0.3 is 42.9 Å². The molecule has 0 N–H and O–H groups in total. The number of hydrogen-bond donors (Lipinski definition) is 0. The average molecular weight is 572 g/mol. The summed E-state index contributed by atoms with van der Waals surface area (Å²) in [5.74, 6) is 1.05. The summed E-state index contributed by atoms with van der Waals surface area (Å²) in [5, 5.41) is 0. The summed E-state index contributed by atoms with van der Waals surface area (Å²) < 4.78 is 20.2. The molecule has 0 spiro atoms. The van der Waals surface area contributed by atoms with E-state index in [4.69, 9.17) is 18.9 Å². The Morgan fingerprint density at radius 2 is 1.46 bits per heavy atom. The number of nitrogens with zero attached hydrogens (tertiary/aromatic N) is 4. The Balaban J connectivity index is -0.000000328. The van der Waals surface area contributed by atoms with Crippen LogP contribution in [0.2, 0.25) is 0 Å². The van der Waals surface area contributed by atoms with E-state index >= 15 is 0 Å². The average Bonchev–Trinajstić information content (AvgIpc) is 2.56. The summed E-state index contributed by atoms with van der Waals surface area (Å²) in [6.07, 6.45) is 3.22. The molecule has 8 nitrogen and oxygen atoms in total. The molecular formula is C13H19I2N4NaO4. The molecule has 0 amide bonds. The molecule has 0 saturated carbocycles. The number of aromatic nitrogens is 4. The maximum absolute atomic E-state index is 4.95. The molecule has 2 aromatic heterocycles. The van der Waals surface area contributed by atoms with Crippen LogP contribution in [0.25, 0.3) is 0 Å². The molecule has 0 radical (unpaired) electrons. The number of ether oxygens (including phenoxy) is 4. The molecule has 0 aromatic carbocycles. The molecule has 24 heavy (non-hydrogen) atoms. The Morgan fingerprint density at radius 1 is 0.875 bits per heavy atom. The van der Waals surface area contributed by atoms with Crippen LogP contribution in [0.5, 0.6) is 23.8 Å². The fraction of sp³-hybridized carbons (Fsp3) is 0.385. The summed E-state index contributed by atoms with van der Waals surface area (Å²) in [6, 6.07) is 2.30. The minimum absolute atomic E-state index is 0. The molecule has 0 fully saturated rings. The normalized spacial score (nSPS) is 8.04. The van der Waals surface area contributed by atoms with Crippen LogP contribution >= 0.6 is 22.6 Å². The Kier molecular flexibility index (Phi) is 19.4. The van der Waals surface area contributed by atoms with Gasteiger partial charge in [-0.1, -0.05) is 7.43 Å². The minimum Gasteiger partial charge on any atom is -1.00 e. The first-order valence-electron chi connectivity index (χ1n) is 5.66. The first-order chi connectivity index (χ1) is 10.1. The van der Waals surface area contributed by atoms with Gasteiger partial charge in [-0.2, -0.15) is 9.97 Å². The van der Waals surface area contributed by atoms with E-state index in [0.29, 0.717) is 23.8 Å². The summed E-state index contributed by atoms with van der Waals surface area (Å²) in [5.41, 5.74) is 0. The number of rotatable bonds is 4. The van der Waals surface area contributed by atoms with E-state index in [1.165, 1.54) is 14.2 Å². The van der Waals surface area contributed by atoms with Crippen LogP contribution < -0.4 is 72.5 Å². The molecule has 0 aliphatic rings. The van der Waals surface area contributed by atoms with Gasteiger partial charge in [0.15, 0.2) is 0 Å². The Morgan fingerprint density at radius 3 is 1.96 bits per heavy atom. The van der Waals surface area contributed by atoms with Gasteiger partial charge >= 0.3 is 41.6 Å². The maximum atomic E-state index is 4.95. The van der Waals surface area contributed by atoms with Crippen LogP contribution in [0.4, 0.5) is 0 Å². The molecular weight excluding hydrogens is 553 g/mol. The van der Waals surface area contributed by atoms with E-state index in [1.54, 1.807) is 32.7 Å². The van der Waals surface area contributed by atoms with Gasteiger partial charge in [-0.3, -0.25) is 0 Å². The molecule has 0 unspecified atom stereocenters. The molecule has 0 aliphatic carbocycles. The van der Waals surface area contributed by atoms with Crippen molar-refractivity contribution < 1.29 is 72.5 Å². The third-order valence-electron chi connectivity index (χ3n) is 2.07. The van der Waals surface area contributed by atoms with Crippen molar-refractivity contribution in [3.63, 3.8) is 0 Å². The van der Waals surface area contributed by atoms with E-state index in [-0.39, 0.29) is 61.0 Å². The van der Waals surface area contributed by atoms with Gasteiger partial charge in [0.25, 0.3) is 0 Å². The Bertz CT molecular complexity index is 562. The molecule has 2 rings (SSSR count). The third kappa shape index (κ3) is 9.96. The SMILES string of the molecule is C.COc1ccnc(OC)n1.COc1ncc(I)c(OC)n1.[I-].[Na+]. The zero-order chi connectivity index (χ0) is 15.7. The molecule has 0 atom stereocenters. The standard InChI is InChI=1S/C6H7IN2O2.C6H8N2O2.CH4.HI.Na/c1-10-5-4(7)3-8-6(9-5)11-2;1-9-5-3-4-7-6(8-5)10-2;;;/h3H,1-2H3;3-4H,1-2H3;1H4;1H;/q;;;;+1/p-1. The van der Waals surface area contributed by atoms with E-state index in [1.807, 2.05) is 0 Å². The van der Waals surface area contributed by atoms with Gasteiger partial charge in [0.05, 0.1) is 38.2 Å². The van der Waals surface area contributed by atoms with Crippen molar-refractivity contribution in [1.82, 2.24) is 19.9 Å². The molecule has 2 aromatic rings. The van der Waals surface area contributed by atoms with E-state index in [2.05, 4.69) is 42.5 Å². The summed E-state index contributed by atoms with van der Waals surface area (Å²) >= 11 is 2.09. The fourth-order valence-corrected chi connectivity index (χ4v) is 1.60. The van der Waals surface area contributed by atoms with Gasteiger partial charge in [0, 0.05) is 12.3 Å². The number of halogens is 2. The second-order valence-corrected chi connectivity index (χ2v) is 4.46. The van der Waals surface area contributed by atoms with Gasteiger partial charge in [-0.15, -0.1) is 0 Å². The predicted molar refractivity (Wildman–Crippen MR) is 89.7 cm³/mol. The molecule has 2 heterocycles. The summed E-state index contributed by atoms with van der Waals surface area (Å²) in [6.45, 7) is 0. The van der Waals surface area contributed by atoms with Crippen LogP contribution in [-0.4, -0.2) is 48.4 Å². The van der Waals surface area contributed by atoms with E-state index in [0.717, 1.165) is 3.57 Å².